The highest BCUT2D eigenvalue weighted by Crippen LogP contribution is 2.24. The summed E-state index contributed by atoms with van der Waals surface area (Å²) in [5, 5.41) is 10.2. The van der Waals surface area contributed by atoms with Gasteiger partial charge in [-0.1, -0.05) is 18.7 Å². The summed E-state index contributed by atoms with van der Waals surface area (Å²) >= 11 is 0. The largest absolute Gasteiger partial charge is 0.369 e. The summed E-state index contributed by atoms with van der Waals surface area (Å²) in [5.74, 6) is 0.590. The summed E-state index contributed by atoms with van der Waals surface area (Å²) in [6, 6.07) is 19.1. The molecule has 1 aromatic heterocycles. The molecule has 2 fully saturated rings. The number of rotatable bonds is 7. The lowest BCUT2D eigenvalue weighted by Gasteiger charge is -2.34. The molecule has 0 bridgehead atoms. The van der Waals surface area contributed by atoms with Gasteiger partial charge in [0, 0.05) is 66.7 Å². The third kappa shape index (κ3) is 5.38. The number of piperazine rings is 1. The SMILES string of the molecule is C=C(Nc1ccc(-c2ccnc(Nc3ccc(N4CCN(C)CC4)cc3)n2)cc1)C1CCCN1. The van der Waals surface area contributed by atoms with Crippen molar-refractivity contribution in [3.63, 3.8) is 0 Å². The molecule has 0 saturated carbocycles. The molecular formula is C27H33N7. The summed E-state index contributed by atoms with van der Waals surface area (Å²) in [7, 11) is 2.18. The van der Waals surface area contributed by atoms with Crippen molar-refractivity contribution in [3.05, 3.63) is 73.1 Å². The molecular weight excluding hydrogens is 422 g/mol. The second-order valence-corrected chi connectivity index (χ2v) is 9.10. The van der Waals surface area contributed by atoms with Gasteiger partial charge in [0.15, 0.2) is 0 Å². The first kappa shape index (κ1) is 22.4. The number of hydrogen-bond acceptors (Lipinski definition) is 7. The molecule has 1 atom stereocenters. The standard InChI is InChI=1S/C27H33N7/c1-20(25-4-3-14-28-25)30-22-7-5-21(6-8-22)26-13-15-29-27(32-26)31-23-9-11-24(12-10-23)34-18-16-33(2)17-19-34/h5-13,15,25,28,30H,1,3-4,14,16-19H2,2H3,(H,29,31,32). The first-order valence-corrected chi connectivity index (χ1v) is 12.1. The molecule has 2 saturated heterocycles. The van der Waals surface area contributed by atoms with Crippen molar-refractivity contribution in [2.75, 3.05) is 55.3 Å². The fourth-order valence-electron chi connectivity index (χ4n) is 4.51. The molecule has 0 radical (unpaired) electrons. The maximum absolute atomic E-state index is 4.73. The third-order valence-corrected chi connectivity index (χ3v) is 6.61. The second-order valence-electron chi connectivity index (χ2n) is 9.10. The number of aromatic nitrogens is 2. The Morgan fingerprint density at radius 2 is 1.71 bits per heavy atom. The fourth-order valence-corrected chi connectivity index (χ4v) is 4.51. The van der Waals surface area contributed by atoms with E-state index in [0.717, 1.165) is 67.5 Å². The van der Waals surface area contributed by atoms with E-state index < -0.39 is 0 Å². The van der Waals surface area contributed by atoms with E-state index in [0.29, 0.717) is 12.0 Å². The fraction of sp³-hybridized carbons (Fsp3) is 0.333. The molecule has 3 N–H and O–H groups in total. The minimum atomic E-state index is 0.353. The molecule has 2 aliphatic rings. The Bertz CT molecular complexity index is 1100. The van der Waals surface area contributed by atoms with E-state index >= 15 is 0 Å². The summed E-state index contributed by atoms with van der Waals surface area (Å²) in [6.45, 7) is 9.59. The molecule has 5 rings (SSSR count). The Labute approximate surface area is 201 Å². The first-order valence-electron chi connectivity index (χ1n) is 12.1. The van der Waals surface area contributed by atoms with Crippen molar-refractivity contribution in [1.29, 1.82) is 0 Å². The molecule has 2 aliphatic heterocycles. The minimum absolute atomic E-state index is 0.353. The van der Waals surface area contributed by atoms with Crippen LogP contribution < -0.4 is 20.9 Å². The van der Waals surface area contributed by atoms with Gasteiger partial charge in [0.1, 0.15) is 0 Å². The molecule has 0 spiro atoms. The van der Waals surface area contributed by atoms with Gasteiger partial charge >= 0.3 is 0 Å². The Morgan fingerprint density at radius 1 is 0.971 bits per heavy atom. The van der Waals surface area contributed by atoms with Gasteiger partial charge in [-0.25, -0.2) is 9.97 Å². The average molecular weight is 456 g/mol. The van der Waals surface area contributed by atoms with Crippen LogP contribution in [0.5, 0.6) is 0 Å². The van der Waals surface area contributed by atoms with Crippen molar-refractivity contribution in [2.45, 2.75) is 18.9 Å². The zero-order valence-electron chi connectivity index (χ0n) is 19.8. The van der Waals surface area contributed by atoms with Gasteiger partial charge in [-0.15, -0.1) is 0 Å². The van der Waals surface area contributed by atoms with Crippen LogP contribution in [-0.2, 0) is 0 Å². The van der Waals surface area contributed by atoms with Gasteiger partial charge in [0.25, 0.3) is 0 Å². The molecule has 0 aliphatic carbocycles. The molecule has 2 aromatic carbocycles. The zero-order valence-corrected chi connectivity index (χ0v) is 19.8. The van der Waals surface area contributed by atoms with E-state index in [4.69, 9.17) is 4.98 Å². The molecule has 7 heteroatoms. The van der Waals surface area contributed by atoms with Crippen LogP contribution in [0.15, 0.2) is 73.1 Å². The highest BCUT2D eigenvalue weighted by Gasteiger charge is 2.17. The second kappa shape index (κ2) is 10.2. The Kier molecular flexibility index (Phi) is 6.74. The average Bonchev–Trinajstić information content (AvgIpc) is 3.41. The van der Waals surface area contributed by atoms with Gasteiger partial charge < -0.3 is 25.8 Å². The van der Waals surface area contributed by atoms with Crippen LogP contribution in [0.3, 0.4) is 0 Å². The Morgan fingerprint density at radius 3 is 2.41 bits per heavy atom. The molecule has 34 heavy (non-hydrogen) atoms. The molecule has 7 nitrogen and oxygen atoms in total. The third-order valence-electron chi connectivity index (χ3n) is 6.61. The van der Waals surface area contributed by atoms with E-state index in [2.05, 4.69) is 92.9 Å². The van der Waals surface area contributed by atoms with Crippen molar-refractivity contribution >= 4 is 23.0 Å². The van der Waals surface area contributed by atoms with Crippen LogP contribution in [-0.4, -0.2) is 60.7 Å². The topological polar surface area (TPSA) is 68.4 Å². The molecule has 3 heterocycles. The highest BCUT2D eigenvalue weighted by molar-refractivity contribution is 5.66. The van der Waals surface area contributed by atoms with Crippen LogP contribution in [0.4, 0.5) is 23.0 Å². The predicted octanol–water partition coefficient (Wildman–Crippen LogP) is 4.32. The summed E-state index contributed by atoms with van der Waals surface area (Å²) in [4.78, 5) is 13.9. The Balaban J connectivity index is 1.21. The summed E-state index contributed by atoms with van der Waals surface area (Å²) < 4.78 is 0. The van der Waals surface area contributed by atoms with E-state index in [1.807, 2.05) is 6.07 Å². The summed E-state index contributed by atoms with van der Waals surface area (Å²) in [5.41, 5.74) is 6.23. The van der Waals surface area contributed by atoms with Crippen molar-refractivity contribution < 1.29 is 0 Å². The van der Waals surface area contributed by atoms with Gasteiger partial charge in [-0.05, 0) is 68.9 Å². The lowest BCUT2D eigenvalue weighted by molar-refractivity contribution is 0.313. The maximum atomic E-state index is 4.73. The lowest BCUT2D eigenvalue weighted by Crippen LogP contribution is -2.44. The van der Waals surface area contributed by atoms with Gasteiger partial charge in [0.05, 0.1) is 5.69 Å². The lowest BCUT2D eigenvalue weighted by atomic mass is 10.1. The predicted molar refractivity (Wildman–Crippen MR) is 141 cm³/mol. The number of nitrogens with one attached hydrogen (secondary N) is 3. The summed E-state index contributed by atoms with van der Waals surface area (Å²) in [6.07, 6.45) is 4.14. The van der Waals surface area contributed by atoms with Crippen LogP contribution >= 0.6 is 0 Å². The minimum Gasteiger partial charge on any atom is -0.369 e. The Hall–Kier alpha value is -3.42. The van der Waals surface area contributed by atoms with Crippen molar-refractivity contribution in [3.8, 4) is 11.3 Å². The van der Waals surface area contributed by atoms with Crippen LogP contribution in [0.25, 0.3) is 11.3 Å². The van der Waals surface area contributed by atoms with Gasteiger partial charge in [0.2, 0.25) is 5.95 Å². The van der Waals surface area contributed by atoms with Crippen molar-refractivity contribution in [2.24, 2.45) is 0 Å². The van der Waals surface area contributed by atoms with Gasteiger partial charge in [-0.2, -0.15) is 0 Å². The molecule has 0 amide bonds. The molecule has 1 unspecified atom stereocenters. The zero-order chi connectivity index (χ0) is 23.3. The van der Waals surface area contributed by atoms with Gasteiger partial charge in [-0.3, -0.25) is 0 Å². The van der Waals surface area contributed by atoms with Crippen LogP contribution in [0, 0.1) is 0 Å². The van der Waals surface area contributed by atoms with Crippen LogP contribution in [0.1, 0.15) is 12.8 Å². The number of nitrogens with zero attached hydrogens (tertiary/aromatic N) is 4. The van der Waals surface area contributed by atoms with E-state index in [9.17, 15) is 0 Å². The maximum Gasteiger partial charge on any atom is 0.227 e. The van der Waals surface area contributed by atoms with E-state index in [-0.39, 0.29) is 0 Å². The number of anilines is 4. The molecule has 176 valence electrons. The smallest absolute Gasteiger partial charge is 0.227 e. The monoisotopic (exact) mass is 455 g/mol. The van der Waals surface area contributed by atoms with Crippen LogP contribution in [0.2, 0.25) is 0 Å². The normalized spacial score (nSPS) is 18.6. The number of likely N-dealkylation sites (N-methyl/N-ethyl adjacent to an activating group) is 1. The quantitative estimate of drug-likeness (QED) is 0.490. The highest BCUT2D eigenvalue weighted by atomic mass is 15.2. The van der Waals surface area contributed by atoms with E-state index in [1.165, 1.54) is 12.1 Å². The first-order chi connectivity index (χ1) is 16.6. The number of hydrogen-bond donors (Lipinski definition) is 3. The number of benzene rings is 2. The molecule has 3 aromatic rings. The van der Waals surface area contributed by atoms with E-state index in [1.54, 1.807) is 6.20 Å². The van der Waals surface area contributed by atoms with Crippen molar-refractivity contribution in [1.82, 2.24) is 20.2 Å².